The Bertz CT molecular complexity index is 170. The summed E-state index contributed by atoms with van der Waals surface area (Å²) in [6.07, 6.45) is -0.661. The van der Waals surface area contributed by atoms with Gasteiger partial charge in [0.15, 0.2) is 6.10 Å². The van der Waals surface area contributed by atoms with E-state index in [0.29, 0.717) is 13.2 Å². The molecule has 0 aromatic heterocycles. The minimum Gasteiger partial charge on any atom is -0.464 e. The van der Waals surface area contributed by atoms with Gasteiger partial charge in [-0.05, 0) is 13.8 Å². The third-order valence-corrected chi connectivity index (χ3v) is 1.53. The summed E-state index contributed by atoms with van der Waals surface area (Å²) in [4.78, 5) is 20.4. The molecule has 0 bridgehead atoms. The molecule has 0 amide bonds. The highest BCUT2D eigenvalue weighted by atomic mass is 17.2. The Morgan fingerprint density at radius 3 is 2.69 bits per heavy atom. The van der Waals surface area contributed by atoms with Crippen LogP contribution in [0, 0.1) is 0 Å². The Kier molecular flexibility index (Phi) is 4.14. The largest absolute Gasteiger partial charge is 0.464 e. The van der Waals surface area contributed by atoms with Crippen LogP contribution in [0.15, 0.2) is 0 Å². The first-order valence-corrected chi connectivity index (χ1v) is 4.36. The van der Waals surface area contributed by atoms with Crippen LogP contribution in [-0.4, -0.2) is 38.0 Å². The molecule has 0 aromatic rings. The van der Waals surface area contributed by atoms with E-state index in [1.54, 1.807) is 6.92 Å². The molecule has 13 heavy (non-hydrogen) atoms. The first-order valence-electron chi connectivity index (χ1n) is 4.36. The van der Waals surface area contributed by atoms with Crippen molar-refractivity contribution in [1.29, 1.82) is 0 Å². The quantitative estimate of drug-likeness (QED) is 0.198. The van der Waals surface area contributed by atoms with Gasteiger partial charge >= 0.3 is 5.97 Å². The molecule has 5 nitrogen and oxygen atoms in total. The van der Waals surface area contributed by atoms with Crippen LogP contribution in [0.5, 0.6) is 0 Å². The predicted octanol–water partition coefficient (Wildman–Crippen LogP) is 0.285. The van der Waals surface area contributed by atoms with Crippen molar-refractivity contribution in [2.75, 3.05) is 19.8 Å². The molecule has 1 fully saturated rings. The van der Waals surface area contributed by atoms with Crippen molar-refractivity contribution in [3.8, 4) is 0 Å². The van der Waals surface area contributed by atoms with Crippen LogP contribution in [0.3, 0.4) is 0 Å². The monoisotopic (exact) mass is 190 g/mol. The van der Waals surface area contributed by atoms with Gasteiger partial charge in [-0.3, -0.25) is 0 Å². The number of hydrogen-bond donors (Lipinski definition) is 0. The second-order valence-corrected chi connectivity index (χ2v) is 2.54. The number of epoxide rings is 1. The average Bonchev–Trinajstić information content (AvgIpc) is 2.85. The minimum absolute atomic E-state index is 0.203. The fourth-order valence-electron chi connectivity index (χ4n) is 0.900. The van der Waals surface area contributed by atoms with Crippen molar-refractivity contribution in [2.24, 2.45) is 0 Å². The Hall–Kier alpha value is -0.650. The van der Waals surface area contributed by atoms with Gasteiger partial charge in [-0.25, -0.2) is 14.6 Å². The summed E-state index contributed by atoms with van der Waals surface area (Å²) >= 11 is 0. The maximum atomic E-state index is 11.0. The van der Waals surface area contributed by atoms with E-state index < -0.39 is 6.10 Å². The van der Waals surface area contributed by atoms with Crippen molar-refractivity contribution >= 4 is 5.97 Å². The average molecular weight is 190 g/mol. The summed E-state index contributed by atoms with van der Waals surface area (Å²) in [5.41, 5.74) is 0. The number of hydrogen-bond acceptors (Lipinski definition) is 5. The lowest BCUT2D eigenvalue weighted by Gasteiger charge is -1.98. The number of carbonyl (C=O) groups is 1. The van der Waals surface area contributed by atoms with Crippen LogP contribution in [0.4, 0.5) is 0 Å². The van der Waals surface area contributed by atoms with E-state index in [4.69, 9.17) is 14.4 Å². The van der Waals surface area contributed by atoms with Gasteiger partial charge < -0.3 is 9.47 Å². The summed E-state index contributed by atoms with van der Waals surface area (Å²) in [6, 6.07) is 0. The smallest absolute Gasteiger partial charge is 0.338 e. The first-order chi connectivity index (χ1) is 6.29. The van der Waals surface area contributed by atoms with E-state index in [1.165, 1.54) is 0 Å². The van der Waals surface area contributed by atoms with E-state index >= 15 is 0 Å². The van der Waals surface area contributed by atoms with Crippen molar-refractivity contribution < 1.29 is 24.0 Å². The molecule has 0 radical (unpaired) electrons. The fraction of sp³-hybridized carbons (Fsp3) is 0.875. The molecule has 1 rings (SSSR count). The number of ether oxygens (including phenoxy) is 2. The second kappa shape index (κ2) is 5.16. The lowest BCUT2D eigenvalue weighted by Crippen LogP contribution is -2.16. The zero-order chi connectivity index (χ0) is 9.68. The van der Waals surface area contributed by atoms with E-state index in [2.05, 4.69) is 4.89 Å². The van der Waals surface area contributed by atoms with Gasteiger partial charge in [0.2, 0.25) is 0 Å². The first kappa shape index (κ1) is 10.4. The Balaban J connectivity index is 2.04. The van der Waals surface area contributed by atoms with E-state index in [0.717, 1.165) is 0 Å². The molecule has 0 aliphatic carbocycles. The van der Waals surface area contributed by atoms with E-state index in [9.17, 15) is 4.79 Å². The molecule has 2 atom stereocenters. The number of esters is 1. The highest BCUT2D eigenvalue weighted by molar-refractivity contribution is 5.77. The zero-order valence-corrected chi connectivity index (χ0v) is 7.82. The van der Waals surface area contributed by atoms with E-state index in [1.807, 2.05) is 6.92 Å². The minimum atomic E-state index is -0.458. The molecule has 0 N–H and O–H groups in total. The maximum absolute atomic E-state index is 11.0. The van der Waals surface area contributed by atoms with Gasteiger partial charge in [-0.2, -0.15) is 0 Å². The Morgan fingerprint density at radius 2 is 2.08 bits per heavy atom. The molecule has 0 saturated carbocycles. The van der Waals surface area contributed by atoms with Crippen molar-refractivity contribution in [2.45, 2.75) is 26.1 Å². The number of carbonyl (C=O) groups excluding carboxylic acids is 1. The molecule has 1 aliphatic heterocycles. The summed E-state index contributed by atoms with van der Waals surface area (Å²) in [5.74, 6) is -0.326. The molecule has 0 spiro atoms. The number of rotatable bonds is 6. The molecule has 0 aromatic carbocycles. The van der Waals surface area contributed by atoms with Crippen molar-refractivity contribution in [1.82, 2.24) is 0 Å². The summed E-state index contributed by atoms with van der Waals surface area (Å²) in [6.45, 7) is 4.70. The van der Waals surface area contributed by atoms with Gasteiger partial charge in [0.1, 0.15) is 12.7 Å². The molecule has 76 valence electrons. The summed E-state index contributed by atoms with van der Waals surface area (Å²) in [5, 5.41) is 0. The highest BCUT2D eigenvalue weighted by Gasteiger charge is 2.46. The standard InChI is InChI=1S/C8H14O5/c1-3-10-8(9)7-6(13-7)5-12-11-4-2/h6-7H,3-5H2,1-2H3. The summed E-state index contributed by atoms with van der Waals surface area (Å²) < 4.78 is 9.74. The van der Waals surface area contributed by atoms with Crippen LogP contribution in [-0.2, 0) is 24.0 Å². The second-order valence-electron chi connectivity index (χ2n) is 2.54. The normalized spacial score (nSPS) is 25.7. The molecule has 1 saturated heterocycles. The Labute approximate surface area is 76.8 Å². The molecule has 2 unspecified atom stereocenters. The zero-order valence-electron chi connectivity index (χ0n) is 7.82. The molecule has 5 heteroatoms. The predicted molar refractivity (Wildman–Crippen MR) is 42.9 cm³/mol. The van der Waals surface area contributed by atoms with Crippen LogP contribution in [0.25, 0.3) is 0 Å². The van der Waals surface area contributed by atoms with Gasteiger partial charge in [-0.1, -0.05) is 0 Å². The fourth-order valence-corrected chi connectivity index (χ4v) is 0.900. The topological polar surface area (TPSA) is 57.3 Å². The molecule has 1 heterocycles. The SMILES string of the molecule is CCOOCC1OC1C(=O)OCC. The van der Waals surface area contributed by atoms with E-state index in [-0.39, 0.29) is 18.7 Å². The molecular weight excluding hydrogens is 176 g/mol. The van der Waals surface area contributed by atoms with Crippen LogP contribution < -0.4 is 0 Å². The molecular formula is C8H14O5. The Morgan fingerprint density at radius 1 is 1.31 bits per heavy atom. The highest BCUT2D eigenvalue weighted by Crippen LogP contribution is 2.23. The van der Waals surface area contributed by atoms with Gasteiger partial charge in [0.05, 0.1) is 13.2 Å². The van der Waals surface area contributed by atoms with Crippen LogP contribution in [0.1, 0.15) is 13.8 Å². The van der Waals surface area contributed by atoms with Crippen molar-refractivity contribution in [3.63, 3.8) is 0 Å². The van der Waals surface area contributed by atoms with Crippen LogP contribution in [0.2, 0.25) is 0 Å². The lowest BCUT2D eigenvalue weighted by molar-refractivity contribution is -0.292. The third kappa shape index (κ3) is 3.30. The van der Waals surface area contributed by atoms with Gasteiger partial charge in [-0.15, -0.1) is 0 Å². The third-order valence-electron chi connectivity index (χ3n) is 1.53. The summed E-state index contributed by atoms with van der Waals surface area (Å²) in [7, 11) is 0. The van der Waals surface area contributed by atoms with Gasteiger partial charge in [0, 0.05) is 0 Å². The van der Waals surface area contributed by atoms with Crippen LogP contribution >= 0.6 is 0 Å². The lowest BCUT2D eigenvalue weighted by atomic mass is 10.3. The maximum Gasteiger partial charge on any atom is 0.338 e. The molecule has 1 aliphatic rings. The van der Waals surface area contributed by atoms with Gasteiger partial charge in [0.25, 0.3) is 0 Å². The van der Waals surface area contributed by atoms with Crippen molar-refractivity contribution in [3.05, 3.63) is 0 Å².